The van der Waals surface area contributed by atoms with Crippen molar-refractivity contribution < 1.29 is 23.1 Å². The minimum atomic E-state index is -3.38. The third-order valence-electron chi connectivity index (χ3n) is 3.55. The van der Waals surface area contributed by atoms with E-state index in [0.29, 0.717) is 11.3 Å². The molecule has 2 aromatic carbocycles. The summed E-state index contributed by atoms with van der Waals surface area (Å²) in [4.78, 5) is 23.2. The minimum absolute atomic E-state index is 0.0682. The zero-order chi connectivity index (χ0) is 19.3. The van der Waals surface area contributed by atoms with Gasteiger partial charge < -0.3 is 5.11 Å². The predicted octanol–water partition coefficient (Wildman–Crippen LogP) is 1.54. The third kappa shape index (κ3) is 4.67. The number of hydrogen-bond donors (Lipinski definition) is 2. The first-order valence-corrected chi connectivity index (χ1v) is 9.24. The second-order valence-corrected chi connectivity index (χ2v) is 7.38. The van der Waals surface area contributed by atoms with Gasteiger partial charge in [-0.2, -0.15) is 5.10 Å². The van der Waals surface area contributed by atoms with Crippen molar-refractivity contribution in [3.05, 3.63) is 65.2 Å². The molecule has 0 radical (unpaired) electrons. The molecule has 1 amide bonds. The van der Waals surface area contributed by atoms with Gasteiger partial charge in [-0.25, -0.2) is 18.6 Å². The second kappa shape index (κ2) is 7.79. The highest BCUT2D eigenvalue weighted by atomic mass is 32.2. The van der Waals surface area contributed by atoms with Crippen LogP contribution in [0.15, 0.2) is 53.6 Å². The number of sulfonamides is 1. The monoisotopic (exact) mass is 375 g/mol. The largest absolute Gasteiger partial charge is 0.478 e. The maximum atomic E-state index is 12.1. The highest BCUT2D eigenvalue weighted by Gasteiger charge is 2.13. The van der Waals surface area contributed by atoms with Crippen LogP contribution in [0.5, 0.6) is 0 Å². The Morgan fingerprint density at radius 3 is 2.31 bits per heavy atom. The van der Waals surface area contributed by atoms with Crippen molar-refractivity contribution in [3.63, 3.8) is 0 Å². The molecule has 0 saturated heterocycles. The predicted molar refractivity (Wildman–Crippen MR) is 98.2 cm³/mol. The van der Waals surface area contributed by atoms with E-state index >= 15 is 0 Å². The zero-order valence-corrected chi connectivity index (χ0v) is 14.9. The van der Waals surface area contributed by atoms with Crippen LogP contribution in [-0.4, -0.2) is 44.9 Å². The Balaban J connectivity index is 2.08. The van der Waals surface area contributed by atoms with E-state index in [2.05, 4.69) is 10.5 Å². The fourth-order valence-electron chi connectivity index (χ4n) is 2.04. The van der Waals surface area contributed by atoms with Gasteiger partial charge in [0.2, 0.25) is 10.0 Å². The van der Waals surface area contributed by atoms with Crippen LogP contribution in [0, 0.1) is 0 Å². The van der Waals surface area contributed by atoms with Crippen molar-refractivity contribution in [2.75, 3.05) is 17.6 Å². The summed E-state index contributed by atoms with van der Waals surface area (Å²) in [5.41, 5.74) is 3.42. The van der Waals surface area contributed by atoms with Crippen LogP contribution in [0.25, 0.3) is 0 Å². The SMILES string of the molecule is CN(c1ccc(C(=O)N/N=C\c2ccccc2C(=O)O)cc1)S(C)(=O)=O. The van der Waals surface area contributed by atoms with E-state index in [0.717, 1.165) is 10.6 Å². The summed E-state index contributed by atoms with van der Waals surface area (Å²) in [6, 6.07) is 12.2. The Labute approximate surface area is 150 Å². The number of carboxylic acid groups (broad SMARTS) is 1. The van der Waals surface area contributed by atoms with Crippen molar-refractivity contribution in [3.8, 4) is 0 Å². The lowest BCUT2D eigenvalue weighted by molar-refractivity contribution is 0.0696. The molecule has 9 heteroatoms. The van der Waals surface area contributed by atoms with E-state index in [1.165, 1.54) is 43.6 Å². The summed E-state index contributed by atoms with van der Waals surface area (Å²) >= 11 is 0. The summed E-state index contributed by atoms with van der Waals surface area (Å²) in [6.07, 6.45) is 2.32. The molecule has 0 aliphatic heterocycles. The number of amides is 1. The Morgan fingerprint density at radius 2 is 1.73 bits per heavy atom. The van der Waals surface area contributed by atoms with Crippen LogP contribution in [0.4, 0.5) is 5.69 Å². The average Bonchev–Trinajstić information content (AvgIpc) is 2.60. The van der Waals surface area contributed by atoms with Crippen molar-refractivity contribution in [2.24, 2.45) is 5.10 Å². The maximum absolute atomic E-state index is 12.1. The van der Waals surface area contributed by atoms with Crippen LogP contribution in [-0.2, 0) is 10.0 Å². The van der Waals surface area contributed by atoms with Gasteiger partial charge in [-0.1, -0.05) is 18.2 Å². The normalized spacial score (nSPS) is 11.3. The van der Waals surface area contributed by atoms with Crippen molar-refractivity contribution >= 4 is 33.8 Å². The summed E-state index contributed by atoms with van der Waals surface area (Å²) in [5, 5.41) is 12.8. The van der Waals surface area contributed by atoms with Gasteiger partial charge in [0.15, 0.2) is 0 Å². The number of carboxylic acids is 1. The molecule has 2 N–H and O–H groups in total. The van der Waals surface area contributed by atoms with E-state index < -0.39 is 21.9 Å². The third-order valence-corrected chi connectivity index (χ3v) is 4.76. The van der Waals surface area contributed by atoms with E-state index in [4.69, 9.17) is 5.11 Å². The standard InChI is InChI=1S/C17H17N3O5S/c1-20(26(2,24)25)14-9-7-12(8-10-14)16(21)19-18-11-13-5-3-4-6-15(13)17(22)23/h3-11H,1-2H3,(H,19,21)(H,22,23)/b18-11-. The molecule has 136 valence electrons. The summed E-state index contributed by atoms with van der Waals surface area (Å²) in [7, 11) is -1.97. The topological polar surface area (TPSA) is 116 Å². The first-order valence-electron chi connectivity index (χ1n) is 7.40. The summed E-state index contributed by atoms with van der Waals surface area (Å²) in [5.74, 6) is -1.61. The number of nitrogens with zero attached hydrogens (tertiary/aromatic N) is 2. The molecule has 8 nitrogen and oxygen atoms in total. The molecule has 2 rings (SSSR count). The molecule has 0 saturated carbocycles. The number of aromatic carboxylic acids is 1. The van der Waals surface area contributed by atoms with Crippen molar-refractivity contribution in [1.82, 2.24) is 5.43 Å². The Hall–Kier alpha value is -3.20. The van der Waals surface area contributed by atoms with Crippen LogP contribution < -0.4 is 9.73 Å². The molecule has 26 heavy (non-hydrogen) atoms. The van der Waals surface area contributed by atoms with Gasteiger partial charge >= 0.3 is 5.97 Å². The van der Waals surface area contributed by atoms with Gasteiger partial charge in [-0.3, -0.25) is 9.10 Å². The lowest BCUT2D eigenvalue weighted by Gasteiger charge is -2.16. The molecule has 0 unspecified atom stereocenters. The second-order valence-electron chi connectivity index (χ2n) is 5.37. The highest BCUT2D eigenvalue weighted by molar-refractivity contribution is 7.92. The molecule has 0 aliphatic rings. The molecule has 0 aromatic heterocycles. The Kier molecular flexibility index (Phi) is 5.73. The van der Waals surface area contributed by atoms with Crippen LogP contribution in [0.3, 0.4) is 0 Å². The van der Waals surface area contributed by atoms with E-state index in [1.54, 1.807) is 18.2 Å². The molecule has 0 fully saturated rings. The maximum Gasteiger partial charge on any atom is 0.336 e. The number of hydrazone groups is 1. The van der Waals surface area contributed by atoms with Gasteiger partial charge in [0, 0.05) is 18.2 Å². The highest BCUT2D eigenvalue weighted by Crippen LogP contribution is 2.16. The van der Waals surface area contributed by atoms with Crippen molar-refractivity contribution in [2.45, 2.75) is 0 Å². The molecule has 0 aliphatic carbocycles. The van der Waals surface area contributed by atoms with Gasteiger partial charge in [-0.05, 0) is 30.3 Å². The van der Waals surface area contributed by atoms with E-state index in [-0.39, 0.29) is 11.1 Å². The fraction of sp³-hybridized carbons (Fsp3) is 0.118. The van der Waals surface area contributed by atoms with Crippen LogP contribution in [0.1, 0.15) is 26.3 Å². The van der Waals surface area contributed by atoms with Crippen LogP contribution in [0.2, 0.25) is 0 Å². The molecule has 0 spiro atoms. The smallest absolute Gasteiger partial charge is 0.336 e. The van der Waals surface area contributed by atoms with Crippen LogP contribution >= 0.6 is 0 Å². The zero-order valence-electron chi connectivity index (χ0n) is 14.1. The van der Waals surface area contributed by atoms with Gasteiger partial charge in [0.25, 0.3) is 5.91 Å². The first kappa shape index (κ1) is 19.1. The summed E-state index contributed by atoms with van der Waals surface area (Å²) in [6.45, 7) is 0. The van der Waals surface area contributed by atoms with E-state index in [1.807, 2.05) is 0 Å². The number of carbonyl (C=O) groups is 2. The molecule has 0 heterocycles. The number of carbonyl (C=O) groups excluding carboxylic acids is 1. The number of anilines is 1. The lowest BCUT2D eigenvalue weighted by Crippen LogP contribution is -2.25. The lowest BCUT2D eigenvalue weighted by atomic mass is 10.1. The van der Waals surface area contributed by atoms with Gasteiger partial charge in [0.1, 0.15) is 0 Å². The number of rotatable bonds is 6. The molecular formula is C17H17N3O5S. The Morgan fingerprint density at radius 1 is 1.12 bits per heavy atom. The first-order chi connectivity index (χ1) is 12.2. The molecule has 2 aromatic rings. The van der Waals surface area contributed by atoms with Gasteiger partial charge in [-0.15, -0.1) is 0 Å². The molecular weight excluding hydrogens is 358 g/mol. The van der Waals surface area contributed by atoms with E-state index in [9.17, 15) is 18.0 Å². The van der Waals surface area contributed by atoms with Gasteiger partial charge in [0.05, 0.1) is 23.7 Å². The number of hydrogen-bond acceptors (Lipinski definition) is 5. The Bertz CT molecular complexity index is 953. The summed E-state index contributed by atoms with van der Waals surface area (Å²) < 4.78 is 24.1. The number of benzene rings is 2. The quantitative estimate of drug-likeness (QED) is 0.587. The average molecular weight is 375 g/mol. The minimum Gasteiger partial charge on any atom is -0.478 e. The molecule has 0 atom stereocenters. The molecule has 0 bridgehead atoms. The fourth-order valence-corrected chi connectivity index (χ4v) is 2.55. The van der Waals surface area contributed by atoms with Crippen molar-refractivity contribution in [1.29, 1.82) is 0 Å². The number of nitrogens with one attached hydrogen (secondary N) is 1.